The molecule has 1 unspecified atom stereocenters. The Morgan fingerprint density at radius 2 is 1.73 bits per heavy atom. The second-order valence-corrected chi connectivity index (χ2v) is 5.87. The maximum Gasteiger partial charge on any atom is 0.239 e. The SMILES string of the molecule is CCc1ccc(C(C)NC(=O)CNC(=O)[C@@H](N)C(C)C)cc1. The molecule has 0 aliphatic carbocycles. The lowest BCUT2D eigenvalue weighted by Crippen LogP contribution is -2.47. The molecule has 0 bridgehead atoms. The molecule has 2 atom stereocenters. The molecular formula is C17H27N3O2. The zero-order valence-corrected chi connectivity index (χ0v) is 13.8. The van der Waals surface area contributed by atoms with Crippen LogP contribution in [0.2, 0.25) is 0 Å². The number of nitrogens with one attached hydrogen (secondary N) is 2. The minimum Gasteiger partial charge on any atom is -0.348 e. The fourth-order valence-corrected chi connectivity index (χ4v) is 2.01. The molecule has 0 aromatic heterocycles. The first-order chi connectivity index (χ1) is 10.3. The summed E-state index contributed by atoms with van der Waals surface area (Å²) in [5.41, 5.74) is 8.02. The van der Waals surface area contributed by atoms with E-state index in [9.17, 15) is 9.59 Å². The van der Waals surface area contributed by atoms with E-state index in [0.29, 0.717) is 0 Å². The molecule has 2 amide bonds. The van der Waals surface area contributed by atoms with Crippen LogP contribution in [0.3, 0.4) is 0 Å². The Bertz CT molecular complexity index is 497. The fraction of sp³-hybridized carbons (Fsp3) is 0.529. The Morgan fingerprint density at radius 3 is 2.23 bits per heavy atom. The molecule has 1 aromatic carbocycles. The average molecular weight is 305 g/mol. The van der Waals surface area contributed by atoms with Crippen LogP contribution < -0.4 is 16.4 Å². The number of hydrogen-bond donors (Lipinski definition) is 3. The van der Waals surface area contributed by atoms with Crippen molar-refractivity contribution in [3.63, 3.8) is 0 Å². The van der Waals surface area contributed by atoms with Crippen molar-refractivity contribution in [1.29, 1.82) is 0 Å². The van der Waals surface area contributed by atoms with Gasteiger partial charge in [0.2, 0.25) is 11.8 Å². The van der Waals surface area contributed by atoms with Crippen molar-refractivity contribution < 1.29 is 9.59 Å². The van der Waals surface area contributed by atoms with Gasteiger partial charge in [0.05, 0.1) is 18.6 Å². The van der Waals surface area contributed by atoms with Crippen LogP contribution in [0.4, 0.5) is 0 Å². The van der Waals surface area contributed by atoms with E-state index in [1.54, 1.807) is 0 Å². The highest BCUT2D eigenvalue weighted by Crippen LogP contribution is 2.13. The zero-order valence-electron chi connectivity index (χ0n) is 13.8. The van der Waals surface area contributed by atoms with Crippen molar-refractivity contribution in [2.45, 2.75) is 46.2 Å². The molecule has 22 heavy (non-hydrogen) atoms. The number of benzene rings is 1. The summed E-state index contributed by atoms with van der Waals surface area (Å²) < 4.78 is 0. The summed E-state index contributed by atoms with van der Waals surface area (Å²) in [6, 6.07) is 7.44. The monoisotopic (exact) mass is 305 g/mol. The Hall–Kier alpha value is -1.88. The minimum absolute atomic E-state index is 0.0408. The van der Waals surface area contributed by atoms with Crippen molar-refractivity contribution in [3.05, 3.63) is 35.4 Å². The van der Waals surface area contributed by atoms with Gasteiger partial charge in [-0.15, -0.1) is 0 Å². The van der Waals surface area contributed by atoms with E-state index >= 15 is 0 Å². The van der Waals surface area contributed by atoms with Gasteiger partial charge in [0.15, 0.2) is 0 Å². The summed E-state index contributed by atoms with van der Waals surface area (Å²) in [5, 5.41) is 5.43. The summed E-state index contributed by atoms with van der Waals surface area (Å²) in [4.78, 5) is 23.6. The van der Waals surface area contributed by atoms with E-state index in [2.05, 4.69) is 29.7 Å². The van der Waals surface area contributed by atoms with Crippen LogP contribution in [0.15, 0.2) is 24.3 Å². The predicted octanol–water partition coefficient (Wildman–Crippen LogP) is 1.53. The number of carbonyl (C=O) groups excluding carboxylic acids is 2. The molecule has 1 aromatic rings. The molecule has 5 nitrogen and oxygen atoms in total. The Labute approximate surface area is 132 Å². The Kier molecular flexibility index (Phi) is 7.05. The summed E-state index contributed by atoms with van der Waals surface area (Å²) >= 11 is 0. The summed E-state index contributed by atoms with van der Waals surface area (Å²) in [7, 11) is 0. The van der Waals surface area contributed by atoms with Crippen LogP contribution in [0.5, 0.6) is 0 Å². The van der Waals surface area contributed by atoms with E-state index in [-0.39, 0.29) is 30.3 Å². The lowest BCUT2D eigenvalue weighted by molar-refractivity contribution is -0.127. The zero-order chi connectivity index (χ0) is 16.7. The smallest absolute Gasteiger partial charge is 0.239 e. The largest absolute Gasteiger partial charge is 0.348 e. The highest BCUT2D eigenvalue weighted by atomic mass is 16.2. The minimum atomic E-state index is -0.591. The molecule has 0 aliphatic rings. The highest BCUT2D eigenvalue weighted by Gasteiger charge is 2.18. The van der Waals surface area contributed by atoms with Gasteiger partial charge in [0, 0.05) is 0 Å². The molecule has 0 saturated carbocycles. The molecule has 0 aliphatic heterocycles. The maximum absolute atomic E-state index is 11.9. The number of carbonyl (C=O) groups is 2. The Balaban J connectivity index is 2.45. The number of nitrogens with two attached hydrogens (primary N) is 1. The third-order valence-corrected chi connectivity index (χ3v) is 3.71. The van der Waals surface area contributed by atoms with E-state index in [1.165, 1.54) is 5.56 Å². The quantitative estimate of drug-likeness (QED) is 0.714. The summed E-state index contributed by atoms with van der Waals surface area (Å²) in [6.45, 7) is 7.70. The lowest BCUT2D eigenvalue weighted by atomic mass is 10.0. The fourth-order valence-electron chi connectivity index (χ4n) is 2.01. The molecule has 0 saturated heterocycles. The maximum atomic E-state index is 11.9. The lowest BCUT2D eigenvalue weighted by Gasteiger charge is -2.17. The second kappa shape index (κ2) is 8.54. The van der Waals surface area contributed by atoms with E-state index in [0.717, 1.165) is 12.0 Å². The van der Waals surface area contributed by atoms with E-state index < -0.39 is 6.04 Å². The van der Waals surface area contributed by atoms with Crippen molar-refractivity contribution in [2.24, 2.45) is 11.7 Å². The summed E-state index contributed by atoms with van der Waals surface area (Å²) in [5.74, 6) is -0.486. The molecule has 0 radical (unpaired) electrons. The van der Waals surface area contributed by atoms with Gasteiger partial charge in [-0.25, -0.2) is 0 Å². The second-order valence-electron chi connectivity index (χ2n) is 5.87. The van der Waals surface area contributed by atoms with Gasteiger partial charge in [-0.05, 0) is 30.4 Å². The van der Waals surface area contributed by atoms with Crippen molar-refractivity contribution in [3.8, 4) is 0 Å². The van der Waals surface area contributed by atoms with Gasteiger partial charge in [0.25, 0.3) is 0 Å². The van der Waals surface area contributed by atoms with E-state index in [1.807, 2.05) is 32.9 Å². The van der Waals surface area contributed by atoms with Gasteiger partial charge in [-0.1, -0.05) is 45.0 Å². The molecular weight excluding hydrogens is 278 g/mol. The van der Waals surface area contributed by atoms with Gasteiger partial charge >= 0.3 is 0 Å². The van der Waals surface area contributed by atoms with Crippen molar-refractivity contribution >= 4 is 11.8 Å². The summed E-state index contributed by atoms with van der Waals surface area (Å²) in [6.07, 6.45) is 0.989. The first kappa shape index (κ1) is 18.2. The van der Waals surface area contributed by atoms with Gasteiger partial charge in [-0.3, -0.25) is 9.59 Å². The third-order valence-electron chi connectivity index (χ3n) is 3.71. The van der Waals surface area contributed by atoms with E-state index in [4.69, 9.17) is 5.73 Å². The number of aryl methyl sites for hydroxylation is 1. The predicted molar refractivity (Wildman–Crippen MR) is 88.2 cm³/mol. The average Bonchev–Trinajstić information content (AvgIpc) is 2.51. The van der Waals surface area contributed by atoms with Gasteiger partial charge < -0.3 is 16.4 Å². The molecule has 5 heteroatoms. The normalized spacial score (nSPS) is 13.5. The van der Waals surface area contributed by atoms with Crippen LogP contribution >= 0.6 is 0 Å². The molecule has 122 valence electrons. The Morgan fingerprint density at radius 1 is 1.14 bits per heavy atom. The van der Waals surface area contributed by atoms with Crippen LogP contribution in [0, 0.1) is 5.92 Å². The van der Waals surface area contributed by atoms with Gasteiger partial charge in [-0.2, -0.15) is 0 Å². The third kappa shape index (κ3) is 5.48. The molecule has 0 fully saturated rings. The topological polar surface area (TPSA) is 84.2 Å². The van der Waals surface area contributed by atoms with Crippen molar-refractivity contribution in [2.75, 3.05) is 6.54 Å². The first-order valence-corrected chi connectivity index (χ1v) is 7.76. The molecule has 0 heterocycles. The molecule has 1 rings (SSSR count). The first-order valence-electron chi connectivity index (χ1n) is 7.76. The molecule has 4 N–H and O–H groups in total. The van der Waals surface area contributed by atoms with Crippen LogP contribution in [0.1, 0.15) is 44.9 Å². The number of rotatable bonds is 7. The highest BCUT2D eigenvalue weighted by molar-refractivity contribution is 5.87. The standard InChI is InChI=1S/C17H27N3O2/c1-5-13-6-8-14(9-7-13)12(4)20-15(21)10-19-17(22)16(18)11(2)3/h6-9,11-12,16H,5,10,18H2,1-4H3,(H,19,22)(H,20,21)/t12?,16-/m0/s1. The van der Waals surface area contributed by atoms with Crippen LogP contribution in [-0.4, -0.2) is 24.4 Å². The number of hydrogen-bond acceptors (Lipinski definition) is 3. The van der Waals surface area contributed by atoms with Crippen LogP contribution in [-0.2, 0) is 16.0 Å². The number of amides is 2. The molecule has 0 spiro atoms. The van der Waals surface area contributed by atoms with Crippen LogP contribution in [0.25, 0.3) is 0 Å². The van der Waals surface area contributed by atoms with Crippen molar-refractivity contribution in [1.82, 2.24) is 10.6 Å². The van der Waals surface area contributed by atoms with Gasteiger partial charge in [0.1, 0.15) is 0 Å².